The summed E-state index contributed by atoms with van der Waals surface area (Å²) < 4.78 is 16.9. The number of ether oxygens (including phenoxy) is 3. The molecule has 0 unspecified atom stereocenters. The third-order valence-electron chi connectivity index (χ3n) is 4.65. The lowest BCUT2D eigenvalue weighted by molar-refractivity contribution is -0.116. The molecule has 1 aromatic carbocycles. The second kappa shape index (κ2) is 9.82. The highest BCUT2D eigenvalue weighted by molar-refractivity contribution is 7.20. The molecule has 1 N–H and O–H groups in total. The number of methoxy groups -OCH3 is 2. The number of carbonyl (C=O) groups excluding carboxylic acids is 2. The van der Waals surface area contributed by atoms with Crippen molar-refractivity contribution in [1.29, 1.82) is 0 Å². The second-order valence-corrected chi connectivity index (χ2v) is 8.52. The maximum Gasteiger partial charge on any atom is 0.348 e. The highest BCUT2D eigenvalue weighted by atomic mass is 32.1. The van der Waals surface area contributed by atoms with Gasteiger partial charge in [-0.05, 0) is 30.5 Å². The summed E-state index contributed by atoms with van der Waals surface area (Å²) in [6, 6.07) is 4.98. The average Bonchev–Trinajstić information content (AvgIpc) is 3.11. The number of benzene rings is 1. The van der Waals surface area contributed by atoms with E-state index >= 15 is 0 Å². The molecule has 0 aliphatic heterocycles. The predicted molar refractivity (Wildman–Crippen MR) is 122 cm³/mol. The summed E-state index contributed by atoms with van der Waals surface area (Å²) in [6.45, 7) is 5.61. The molecule has 170 valence electrons. The normalized spacial score (nSPS) is 10.9. The number of esters is 1. The molecule has 0 fully saturated rings. The first kappa shape index (κ1) is 23.3. The molecule has 0 saturated heterocycles. The summed E-state index contributed by atoms with van der Waals surface area (Å²) in [6.07, 6.45) is 1.30. The molecule has 2 heterocycles. The van der Waals surface area contributed by atoms with Crippen LogP contribution in [0.4, 0.5) is 5.69 Å². The molecule has 0 radical (unpaired) electrons. The standard InChI is InChI=1S/C22H25N3O6S/c1-12(2)10-31-22(28)19-13(3)18-20(32-19)23-11-25(21(18)27)9-17(26)24-15-7-6-14(29-4)8-16(15)30-5/h6-8,11-12H,9-10H2,1-5H3,(H,24,26). The number of aromatic nitrogens is 2. The van der Waals surface area contributed by atoms with Crippen molar-refractivity contribution in [2.45, 2.75) is 27.3 Å². The average molecular weight is 460 g/mol. The van der Waals surface area contributed by atoms with Crippen LogP contribution in [0.25, 0.3) is 10.2 Å². The van der Waals surface area contributed by atoms with Gasteiger partial charge in [0.05, 0.1) is 38.2 Å². The van der Waals surface area contributed by atoms with Crippen LogP contribution >= 0.6 is 11.3 Å². The Labute approximate surface area is 188 Å². The highest BCUT2D eigenvalue weighted by Crippen LogP contribution is 2.29. The Morgan fingerprint density at radius 1 is 1.22 bits per heavy atom. The monoisotopic (exact) mass is 459 g/mol. The first-order valence-corrected chi connectivity index (χ1v) is 10.7. The number of rotatable bonds is 8. The maximum absolute atomic E-state index is 13.0. The summed E-state index contributed by atoms with van der Waals surface area (Å²) >= 11 is 1.11. The molecule has 0 spiro atoms. The van der Waals surface area contributed by atoms with Gasteiger partial charge >= 0.3 is 5.97 Å². The van der Waals surface area contributed by atoms with Gasteiger partial charge in [0.2, 0.25) is 5.91 Å². The van der Waals surface area contributed by atoms with Crippen LogP contribution in [-0.2, 0) is 16.1 Å². The smallest absolute Gasteiger partial charge is 0.348 e. The van der Waals surface area contributed by atoms with Crippen LogP contribution in [0.3, 0.4) is 0 Å². The first-order valence-electron chi connectivity index (χ1n) is 9.92. The molecule has 32 heavy (non-hydrogen) atoms. The third kappa shape index (κ3) is 4.91. The van der Waals surface area contributed by atoms with Crippen LogP contribution in [0, 0.1) is 12.8 Å². The zero-order valence-electron chi connectivity index (χ0n) is 18.6. The van der Waals surface area contributed by atoms with E-state index in [-0.39, 0.29) is 12.5 Å². The Morgan fingerprint density at radius 3 is 2.62 bits per heavy atom. The Bertz CT molecular complexity index is 1210. The van der Waals surface area contributed by atoms with Gasteiger partial charge in [-0.15, -0.1) is 11.3 Å². The number of nitrogens with zero attached hydrogens (tertiary/aromatic N) is 2. The lowest BCUT2D eigenvalue weighted by Gasteiger charge is -2.12. The Hall–Kier alpha value is -3.40. The number of fused-ring (bicyclic) bond motifs is 1. The Morgan fingerprint density at radius 2 is 1.97 bits per heavy atom. The Kier molecular flexibility index (Phi) is 7.14. The lowest BCUT2D eigenvalue weighted by atomic mass is 10.2. The van der Waals surface area contributed by atoms with Crippen LogP contribution in [-0.4, -0.2) is 42.3 Å². The topological polar surface area (TPSA) is 109 Å². The van der Waals surface area contributed by atoms with Crippen molar-refractivity contribution in [3.8, 4) is 11.5 Å². The van der Waals surface area contributed by atoms with Gasteiger partial charge in [0.25, 0.3) is 5.56 Å². The molecule has 3 aromatic rings. The van der Waals surface area contributed by atoms with E-state index in [1.54, 1.807) is 25.1 Å². The van der Waals surface area contributed by atoms with E-state index in [0.717, 1.165) is 11.3 Å². The summed E-state index contributed by atoms with van der Waals surface area (Å²) in [5, 5.41) is 3.03. The number of hydrogen-bond donors (Lipinski definition) is 1. The van der Waals surface area contributed by atoms with Crippen LogP contribution in [0.2, 0.25) is 0 Å². The van der Waals surface area contributed by atoms with Crippen molar-refractivity contribution in [3.05, 3.63) is 45.3 Å². The quantitative estimate of drug-likeness (QED) is 0.515. The van der Waals surface area contributed by atoms with Crippen LogP contribution in [0.1, 0.15) is 29.1 Å². The molecule has 0 atom stereocenters. The Balaban J connectivity index is 1.83. The van der Waals surface area contributed by atoms with Crippen LogP contribution in [0.15, 0.2) is 29.3 Å². The molecule has 2 aromatic heterocycles. The first-order chi connectivity index (χ1) is 15.2. The van der Waals surface area contributed by atoms with E-state index in [1.807, 2.05) is 13.8 Å². The highest BCUT2D eigenvalue weighted by Gasteiger charge is 2.21. The van der Waals surface area contributed by atoms with Gasteiger partial charge in [-0.3, -0.25) is 14.2 Å². The van der Waals surface area contributed by atoms with Gasteiger partial charge in [0.15, 0.2) is 0 Å². The summed E-state index contributed by atoms with van der Waals surface area (Å²) in [5.74, 6) is 0.306. The van der Waals surface area contributed by atoms with Gasteiger partial charge in [0, 0.05) is 6.07 Å². The summed E-state index contributed by atoms with van der Waals surface area (Å²) in [4.78, 5) is 43.0. The van der Waals surface area contributed by atoms with Crippen molar-refractivity contribution in [1.82, 2.24) is 9.55 Å². The maximum atomic E-state index is 13.0. The number of amides is 1. The van der Waals surface area contributed by atoms with Crippen molar-refractivity contribution in [2.75, 3.05) is 26.1 Å². The third-order valence-corrected chi connectivity index (χ3v) is 5.83. The number of aryl methyl sites for hydroxylation is 1. The fourth-order valence-electron chi connectivity index (χ4n) is 3.02. The van der Waals surface area contributed by atoms with E-state index in [4.69, 9.17) is 14.2 Å². The zero-order valence-corrected chi connectivity index (χ0v) is 19.4. The van der Waals surface area contributed by atoms with E-state index in [9.17, 15) is 14.4 Å². The number of nitrogens with one attached hydrogen (secondary N) is 1. The molecule has 0 saturated carbocycles. The van der Waals surface area contributed by atoms with Crippen molar-refractivity contribution in [3.63, 3.8) is 0 Å². The van der Waals surface area contributed by atoms with Gasteiger partial charge in [-0.2, -0.15) is 0 Å². The van der Waals surface area contributed by atoms with E-state index < -0.39 is 17.4 Å². The summed E-state index contributed by atoms with van der Waals surface area (Å²) in [5.41, 5.74) is 0.550. The molecule has 0 bridgehead atoms. The number of hydrogen-bond acceptors (Lipinski definition) is 8. The van der Waals surface area contributed by atoms with Crippen molar-refractivity contribution in [2.24, 2.45) is 5.92 Å². The number of anilines is 1. The molecule has 3 rings (SSSR count). The number of carbonyl (C=O) groups is 2. The zero-order chi connectivity index (χ0) is 23.4. The second-order valence-electron chi connectivity index (χ2n) is 7.52. The van der Waals surface area contributed by atoms with Gasteiger partial charge in [-0.1, -0.05) is 13.8 Å². The van der Waals surface area contributed by atoms with Crippen LogP contribution in [0.5, 0.6) is 11.5 Å². The van der Waals surface area contributed by atoms with Gasteiger partial charge in [0.1, 0.15) is 27.8 Å². The lowest BCUT2D eigenvalue weighted by Crippen LogP contribution is -2.28. The summed E-state index contributed by atoms with van der Waals surface area (Å²) in [7, 11) is 3.01. The van der Waals surface area contributed by atoms with E-state index in [2.05, 4.69) is 10.3 Å². The van der Waals surface area contributed by atoms with Gasteiger partial charge < -0.3 is 19.5 Å². The fourth-order valence-corrected chi connectivity index (χ4v) is 4.05. The molecule has 1 amide bonds. The minimum Gasteiger partial charge on any atom is -0.497 e. The number of thiophene rings is 1. The van der Waals surface area contributed by atoms with Gasteiger partial charge in [-0.25, -0.2) is 9.78 Å². The fraction of sp³-hybridized carbons (Fsp3) is 0.364. The molecule has 0 aliphatic rings. The van der Waals surface area contributed by atoms with E-state index in [0.29, 0.717) is 44.5 Å². The SMILES string of the molecule is COc1ccc(NC(=O)Cn2cnc3sc(C(=O)OCC(C)C)c(C)c3c2=O)c(OC)c1. The molecular weight excluding hydrogens is 434 g/mol. The largest absolute Gasteiger partial charge is 0.497 e. The van der Waals surface area contributed by atoms with Crippen molar-refractivity contribution < 1.29 is 23.8 Å². The predicted octanol–water partition coefficient (Wildman–Crippen LogP) is 3.24. The molecule has 0 aliphatic carbocycles. The van der Waals surface area contributed by atoms with Crippen LogP contribution < -0.4 is 20.3 Å². The van der Waals surface area contributed by atoms with Crippen molar-refractivity contribution >= 4 is 39.1 Å². The molecular formula is C22H25N3O6S. The van der Waals surface area contributed by atoms with E-state index in [1.165, 1.54) is 25.1 Å². The molecule has 9 nitrogen and oxygen atoms in total. The minimum atomic E-state index is -0.477. The molecule has 10 heteroatoms. The minimum absolute atomic E-state index is 0.201.